The van der Waals surface area contributed by atoms with Gasteiger partial charge in [0.1, 0.15) is 5.54 Å². The van der Waals surface area contributed by atoms with Gasteiger partial charge in [0, 0.05) is 25.7 Å². The Kier molecular flexibility index (Phi) is 5.86. The summed E-state index contributed by atoms with van der Waals surface area (Å²) in [6, 6.07) is 0.294. The molecule has 4 nitrogen and oxygen atoms in total. The van der Waals surface area contributed by atoms with E-state index in [0.29, 0.717) is 11.9 Å². The molecule has 1 aliphatic carbocycles. The molecule has 2 heterocycles. The molecule has 0 aromatic carbocycles. The van der Waals surface area contributed by atoms with Gasteiger partial charge >= 0.3 is 0 Å². The summed E-state index contributed by atoms with van der Waals surface area (Å²) >= 11 is 0. The fourth-order valence-corrected chi connectivity index (χ4v) is 5.08. The first-order valence-electron chi connectivity index (χ1n) is 10.4. The van der Waals surface area contributed by atoms with Crippen molar-refractivity contribution in [2.24, 2.45) is 5.92 Å². The van der Waals surface area contributed by atoms with E-state index < -0.39 is 0 Å². The summed E-state index contributed by atoms with van der Waals surface area (Å²) in [5, 5.41) is 3.79. The van der Waals surface area contributed by atoms with E-state index >= 15 is 0 Å². The van der Waals surface area contributed by atoms with E-state index in [1.165, 1.54) is 45.1 Å². The van der Waals surface area contributed by atoms with Gasteiger partial charge in [-0.25, -0.2) is 0 Å². The molecule has 2 saturated heterocycles. The number of likely N-dealkylation sites (tertiary alicyclic amines) is 1. The quantitative estimate of drug-likeness (QED) is 0.808. The minimum Gasteiger partial charge on any atom is -0.323 e. The smallest absolute Gasteiger partial charge is 0.244 e. The van der Waals surface area contributed by atoms with Gasteiger partial charge in [0.25, 0.3) is 0 Å². The third-order valence-corrected chi connectivity index (χ3v) is 6.51. The van der Waals surface area contributed by atoms with Crippen molar-refractivity contribution in [3.05, 3.63) is 0 Å². The second-order valence-electron chi connectivity index (χ2n) is 8.64. The lowest BCUT2D eigenvalue weighted by Crippen LogP contribution is -2.55. The van der Waals surface area contributed by atoms with Crippen molar-refractivity contribution in [1.29, 1.82) is 0 Å². The fourth-order valence-electron chi connectivity index (χ4n) is 5.08. The Labute approximate surface area is 148 Å². The highest BCUT2D eigenvalue weighted by molar-refractivity contribution is 5.89. The summed E-state index contributed by atoms with van der Waals surface area (Å²) in [5.41, 5.74) is -0.269. The zero-order chi connectivity index (χ0) is 17.2. The standard InChI is InChI=1S/C20H37N3O/c1-4-5-10-18-21-20(19(24)23(18)16(2)3)11-13-22(14-12-20)15-17-8-6-7-9-17/h16-18,21H,4-15H2,1-3H3. The molecular weight excluding hydrogens is 298 g/mol. The number of hydrogen-bond acceptors (Lipinski definition) is 3. The van der Waals surface area contributed by atoms with Crippen LogP contribution >= 0.6 is 0 Å². The van der Waals surface area contributed by atoms with E-state index in [-0.39, 0.29) is 11.7 Å². The van der Waals surface area contributed by atoms with E-state index in [1.807, 2.05) is 0 Å². The van der Waals surface area contributed by atoms with Crippen LogP contribution in [0.25, 0.3) is 0 Å². The van der Waals surface area contributed by atoms with Gasteiger partial charge in [-0.3, -0.25) is 10.1 Å². The van der Waals surface area contributed by atoms with Gasteiger partial charge in [-0.15, -0.1) is 0 Å². The SMILES string of the molecule is CCCCC1NC2(CCN(CC3CCCC3)CC2)C(=O)N1C(C)C. The number of piperidine rings is 1. The second kappa shape index (κ2) is 7.74. The second-order valence-corrected chi connectivity index (χ2v) is 8.64. The Morgan fingerprint density at radius 1 is 1.21 bits per heavy atom. The Bertz CT molecular complexity index is 423. The minimum absolute atomic E-state index is 0.249. The third kappa shape index (κ3) is 3.65. The number of carbonyl (C=O) groups excluding carboxylic acids is 1. The van der Waals surface area contributed by atoms with Crippen LogP contribution < -0.4 is 5.32 Å². The molecule has 0 radical (unpaired) electrons. The van der Waals surface area contributed by atoms with Crippen molar-refractivity contribution in [1.82, 2.24) is 15.1 Å². The molecule has 1 N–H and O–H groups in total. The average molecular weight is 336 g/mol. The highest BCUT2D eigenvalue weighted by atomic mass is 16.2. The maximum atomic E-state index is 13.2. The predicted molar refractivity (Wildman–Crippen MR) is 98.8 cm³/mol. The number of nitrogens with zero attached hydrogens (tertiary/aromatic N) is 2. The monoisotopic (exact) mass is 335 g/mol. The average Bonchev–Trinajstić information content (AvgIpc) is 3.15. The molecule has 3 rings (SSSR count). The maximum Gasteiger partial charge on any atom is 0.244 e. The highest BCUT2D eigenvalue weighted by Crippen LogP contribution is 2.35. The van der Waals surface area contributed by atoms with Gasteiger partial charge in [0.2, 0.25) is 5.91 Å². The fraction of sp³-hybridized carbons (Fsp3) is 0.950. The summed E-state index contributed by atoms with van der Waals surface area (Å²) in [6.45, 7) is 9.98. The van der Waals surface area contributed by atoms with Gasteiger partial charge in [-0.1, -0.05) is 32.6 Å². The molecule has 2 aliphatic heterocycles. The van der Waals surface area contributed by atoms with Crippen molar-refractivity contribution in [3.63, 3.8) is 0 Å². The summed E-state index contributed by atoms with van der Waals surface area (Å²) in [6.07, 6.45) is 11.4. The Morgan fingerprint density at radius 2 is 1.88 bits per heavy atom. The Hall–Kier alpha value is -0.610. The van der Waals surface area contributed by atoms with Crippen LogP contribution in [0.1, 0.15) is 78.6 Å². The maximum absolute atomic E-state index is 13.2. The summed E-state index contributed by atoms with van der Waals surface area (Å²) in [4.78, 5) is 18.0. The number of unbranched alkanes of at least 4 members (excludes halogenated alkanes) is 1. The molecule has 1 saturated carbocycles. The zero-order valence-electron chi connectivity index (χ0n) is 16.0. The summed E-state index contributed by atoms with van der Waals surface area (Å²) in [5.74, 6) is 1.29. The van der Waals surface area contributed by atoms with Crippen molar-refractivity contribution in [3.8, 4) is 0 Å². The number of hydrogen-bond donors (Lipinski definition) is 1. The number of rotatable bonds is 6. The van der Waals surface area contributed by atoms with Crippen LogP contribution in [0.15, 0.2) is 0 Å². The van der Waals surface area contributed by atoms with E-state index in [9.17, 15) is 4.79 Å². The topological polar surface area (TPSA) is 35.6 Å². The molecule has 1 amide bonds. The molecule has 3 aliphatic rings. The first kappa shape index (κ1) is 18.2. The van der Waals surface area contributed by atoms with Crippen LogP contribution in [0.3, 0.4) is 0 Å². The van der Waals surface area contributed by atoms with E-state index in [0.717, 1.165) is 38.3 Å². The largest absolute Gasteiger partial charge is 0.323 e. The molecule has 0 aromatic rings. The Balaban J connectivity index is 1.60. The van der Waals surface area contributed by atoms with Gasteiger partial charge in [0.15, 0.2) is 0 Å². The van der Waals surface area contributed by atoms with Gasteiger partial charge in [-0.05, 0) is 51.9 Å². The number of carbonyl (C=O) groups is 1. The summed E-state index contributed by atoms with van der Waals surface area (Å²) < 4.78 is 0. The summed E-state index contributed by atoms with van der Waals surface area (Å²) in [7, 11) is 0. The first-order chi connectivity index (χ1) is 11.6. The molecule has 0 bridgehead atoms. The molecular formula is C20H37N3O. The lowest BCUT2D eigenvalue weighted by atomic mass is 9.86. The first-order valence-corrected chi connectivity index (χ1v) is 10.4. The molecule has 138 valence electrons. The minimum atomic E-state index is -0.269. The van der Waals surface area contributed by atoms with Crippen molar-refractivity contribution in [2.75, 3.05) is 19.6 Å². The van der Waals surface area contributed by atoms with Gasteiger partial charge in [-0.2, -0.15) is 0 Å². The molecule has 24 heavy (non-hydrogen) atoms. The molecule has 1 spiro atoms. The van der Waals surface area contributed by atoms with Gasteiger partial charge < -0.3 is 9.80 Å². The molecule has 1 atom stereocenters. The van der Waals surface area contributed by atoms with Crippen LogP contribution in [0.4, 0.5) is 0 Å². The van der Waals surface area contributed by atoms with Crippen molar-refractivity contribution >= 4 is 5.91 Å². The van der Waals surface area contributed by atoms with E-state index in [2.05, 4.69) is 35.9 Å². The Morgan fingerprint density at radius 3 is 2.46 bits per heavy atom. The van der Waals surface area contributed by atoms with Gasteiger partial charge in [0.05, 0.1) is 6.17 Å². The molecule has 1 unspecified atom stereocenters. The van der Waals surface area contributed by atoms with Crippen LogP contribution in [-0.4, -0.2) is 53.1 Å². The molecule has 0 aromatic heterocycles. The van der Waals surface area contributed by atoms with Crippen molar-refractivity contribution in [2.45, 2.75) is 96.3 Å². The van der Waals surface area contributed by atoms with E-state index in [4.69, 9.17) is 0 Å². The van der Waals surface area contributed by atoms with Crippen LogP contribution in [0, 0.1) is 5.92 Å². The number of amides is 1. The van der Waals surface area contributed by atoms with E-state index in [1.54, 1.807) is 0 Å². The lowest BCUT2D eigenvalue weighted by molar-refractivity contribution is -0.136. The molecule has 3 fully saturated rings. The zero-order valence-corrected chi connectivity index (χ0v) is 16.0. The highest BCUT2D eigenvalue weighted by Gasteiger charge is 2.52. The van der Waals surface area contributed by atoms with Crippen LogP contribution in [0.2, 0.25) is 0 Å². The lowest BCUT2D eigenvalue weighted by Gasteiger charge is -2.39. The third-order valence-electron chi connectivity index (χ3n) is 6.51. The van der Waals surface area contributed by atoms with Crippen molar-refractivity contribution < 1.29 is 4.79 Å². The predicted octanol–water partition coefficient (Wildman–Crippen LogP) is 3.37. The van der Waals surface area contributed by atoms with Crippen LogP contribution in [0.5, 0.6) is 0 Å². The van der Waals surface area contributed by atoms with Crippen LogP contribution in [-0.2, 0) is 4.79 Å². The normalized spacial score (nSPS) is 28.6. The molecule has 4 heteroatoms. The number of nitrogens with one attached hydrogen (secondary N) is 1.